The Hall–Kier alpha value is 4.83. The molecule has 0 aliphatic heterocycles. The Morgan fingerprint density at radius 3 is 1.91 bits per heavy atom. The van der Waals surface area contributed by atoms with Crippen molar-refractivity contribution in [3.63, 3.8) is 0 Å². The zero-order chi connectivity index (χ0) is 9.28. The molecule has 5 heteroatoms. The zero-order valence-corrected chi connectivity index (χ0v) is 17.9. The number of rotatable bonds is 3. The van der Waals surface area contributed by atoms with E-state index in [-0.39, 0.29) is 154 Å². The van der Waals surface area contributed by atoms with E-state index in [0.29, 0.717) is 0 Å². The van der Waals surface area contributed by atoms with Crippen LogP contribution in [0.2, 0.25) is 0 Å². The van der Waals surface area contributed by atoms with Gasteiger partial charge in [0.25, 0.3) is 0 Å². The van der Waals surface area contributed by atoms with Crippen LogP contribution in [0.4, 0.5) is 0 Å². The Balaban J connectivity index is -0.000000167. The quantitative estimate of drug-likeness (QED) is 0.276. The first-order valence-electron chi connectivity index (χ1n) is 3.92. The van der Waals surface area contributed by atoms with Crippen LogP contribution < -0.4 is 154 Å². The zero-order valence-electron chi connectivity index (χ0n) is 11.6. The minimum atomic E-state index is -1.69. The molecule has 0 bridgehead atoms. The number of nitrogens with zero attached hydrogens (tertiary/aromatic N) is 1. The van der Waals surface area contributed by atoms with E-state index >= 15 is 0 Å². The maximum atomic E-state index is 7.47. The second-order valence-electron chi connectivity index (χ2n) is 1.59. The minimum absolute atomic E-state index is 0. The summed E-state index contributed by atoms with van der Waals surface area (Å²) in [4.78, 5) is 4.50. The molecule has 0 amide bonds. The topological polar surface area (TPSA) is 12.5 Å². The van der Waals surface area contributed by atoms with E-state index in [1.54, 1.807) is 0 Å². The molecule has 0 fully saturated rings. The van der Waals surface area contributed by atoms with E-state index in [0.717, 1.165) is 5.06 Å². The van der Waals surface area contributed by atoms with Crippen molar-refractivity contribution in [1.82, 2.24) is 5.06 Å². The molecule has 0 aromatic carbocycles. The standard InChI is InChI=1S/C6H14NO.3K/c1-5-7(8-4)6(2)3;;;/h6H,4-5H2,1-3H3;;;/q-1;3*+1/i5T2,6T;;;. The van der Waals surface area contributed by atoms with E-state index in [1.165, 1.54) is 20.8 Å². The molecule has 11 heavy (non-hydrogen) atoms. The van der Waals surface area contributed by atoms with Gasteiger partial charge in [0.05, 0.1) is 0 Å². The van der Waals surface area contributed by atoms with Gasteiger partial charge in [0.1, 0.15) is 0 Å². The Morgan fingerprint density at radius 1 is 1.55 bits per heavy atom. The van der Waals surface area contributed by atoms with E-state index in [2.05, 4.69) is 11.9 Å². The Kier molecular flexibility index (Phi) is 24.8. The molecule has 50 valence electrons. The summed E-state index contributed by atoms with van der Waals surface area (Å²) >= 11 is 0. The SMILES string of the molecule is [3H]C([3H])(C)N(O[CH2-])C([3H])(C)C.[K+].[K+].[K+]. The van der Waals surface area contributed by atoms with Crippen LogP contribution >= 0.6 is 0 Å². The molecule has 0 rings (SSSR count). The van der Waals surface area contributed by atoms with Crippen LogP contribution in [0.1, 0.15) is 24.9 Å². The molecule has 0 spiro atoms. The number of hydroxylamine groups is 2. The predicted octanol–water partition coefficient (Wildman–Crippen LogP) is -7.55. The summed E-state index contributed by atoms with van der Waals surface area (Å²) in [5.74, 6) is 0. The van der Waals surface area contributed by atoms with Gasteiger partial charge >= 0.3 is 154 Å². The van der Waals surface area contributed by atoms with Crippen LogP contribution in [0.5, 0.6) is 0 Å². The van der Waals surface area contributed by atoms with Crippen molar-refractivity contribution < 1.29 is 163 Å². The Labute approximate surface area is 202 Å². The number of hydrogen-bond donors (Lipinski definition) is 0. The van der Waals surface area contributed by atoms with Gasteiger partial charge in [-0.05, 0) is 13.8 Å². The molecule has 0 heterocycles. The average molecular weight is 240 g/mol. The monoisotopic (exact) mass is 239 g/mol. The van der Waals surface area contributed by atoms with Gasteiger partial charge in [-0.3, -0.25) is 0 Å². The fourth-order valence-corrected chi connectivity index (χ4v) is 0.417. The Bertz CT molecular complexity index is 123. The van der Waals surface area contributed by atoms with Crippen LogP contribution in [-0.2, 0) is 4.84 Å². The van der Waals surface area contributed by atoms with Crippen LogP contribution in [0.25, 0.3) is 0 Å². The minimum Gasteiger partial charge on any atom is -0.475 e. The largest absolute Gasteiger partial charge is 1.00 e. The van der Waals surface area contributed by atoms with Crippen LogP contribution in [-0.4, -0.2) is 17.6 Å². The molecule has 0 aliphatic carbocycles. The first-order chi connectivity index (χ1) is 4.69. The van der Waals surface area contributed by atoms with Gasteiger partial charge in [0.15, 0.2) is 0 Å². The van der Waals surface area contributed by atoms with Crippen molar-refractivity contribution in [2.45, 2.75) is 26.8 Å². The van der Waals surface area contributed by atoms with Crippen molar-refractivity contribution in [2.24, 2.45) is 0 Å². The summed E-state index contributed by atoms with van der Waals surface area (Å²) in [6, 6.07) is -1.12. The van der Waals surface area contributed by atoms with E-state index in [9.17, 15) is 0 Å². The molecule has 2 nitrogen and oxygen atoms in total. The first kappa shape index (κ1) is 15.8. The fraction of sp³-hybridized carbons (Fsp3) is 0.833. The molecule has 0 unspecified atom stereocenters. The van der Waals surface area contributed by atoms with Crippen molar-refractivity contribution in [1.29, 1.82) is 0 Å². The third-order valence-corrected chi connectivity index (χ3v) is 0.738. The molecule has 0 N–H and O–H groups in total. The molecule has 0 aromatic rings. The van der Waals surface area contributed by atoms with Gasteiger partial charge in [0.2, 0.25) is 0 Å². The second kappa shape index (κ2) is 17.2. The molecule has 0 saturated heterocycles. The van der Waals surface area contributed by atoms with E-state index < -0.39 is 12.5 Å². The summed E-state index contributed by atoms with van der Waals surface area (Å²) < 4.78 is 22.0. The van der Waals surface area contributed by atoms with Gasteiger partial charge in [-0.1, -0.05) is 6.92 Å². The molecular weight excluding hydrogens is 219 g/mol. The van der Waals surface area contributed by atoms with Crippen molar-refractivity contribution in [3.05, 3.63) is 7.11 Å². The van der Waals surface area contributed by atoms with E-state index in [1.807, 2.05) is 0 Å². The summed E-state index contributed by atoms with van der Waals surface area (Å²) in [6.07, 6.45) is 0. The van der Waals surface area contributed by atoms with Crippen LogP contribution in [0, 0.1) is 7.11 Å². The number of hydrogen-bond acceptors (Lipinski definition) is 2. The molecule has 0 radical (unpaired) electrons. The summed E-state index contributed by atoms with van der Waals surface area (Å²) in [5, 5.41) is 0.889. The van der Waals surface area contributed by atoms with E-state index in [4.69, 9.17) is 4.11 Å². The van der Waals surface area contributed by atoms with Crippen molar-refractivity contribution in [2.75, 3.05) is 6.50 Å². The van der Waals surface area contributed by atoms with Gasteiger partial charge in [-0.25, -0.2) is 12.2 Å². The maximum absolute atomic E-state index is 7.47. The average Bonchev–Trinajstić information content (AvgIpc) is 1.56. The normalized spacial score (nSPS) is 14.5. The summed E-state index contributed by atoms with van der Waals surface area (Å²) in [6.45, 7) is 2.68. The molecule has 0 atom stereocenters. The molecule has 0 saturated carbocycles. The molecular formula is C6H14K3NO+2. The molecule has 0 aliphatic rings. The Morgan fingerprint density at radius 2 is 1.91 bits per heavy atom. The summed E-state index contributed by atoms with van der Waals surface area (Å²) in [5.41, 5.74) is 0. The molecule has 0 aromatic heterocycles. The third kappa shape index (κ3) is 14.8. The third-order valence-electron chi connectivity index (χ3n) is 0.738. The van der Waals surface area contributed by atoms with Gasteiger partial charge in [0, 0.05) is 16.6 Å². The summed E-state index contributed by atoms with van der Waals surface area (Å²) in [7, 11) is 3.08. The first-order valence-corrected chi connectivity index (χ1v) is 2.42. The van der Waals surface area contributed by atoms with Gasteiger partial charge in [-0.15, -0.1) is 0 Å². The van der Waals surface area contributed by atoms with Crippen LogP contribution in [0.3, 0.4) is 0 Å². The fourth-order valence-electron chi connectivity index (χ4n) is 0.417. The van der Waals surface area contributed by atoms with Crippen molar-refractivity contribution >= 4 is 0 Å². The van der Waals surface area contributed by atoms with Gasteiger partial charge < -0.3 is 4.84 Å². The van der Waals surface area contributed by atoms with Crippen LogP contribution in [0.15, 0.2) is 0 Å². The maximum Gasteiger partial charge on any atom is 1.00 e. The van der Waals surface area contributed by atoms with Crippen molar-refractivity contribution in [3.8, 4) is 0 Å². The second-order valence-corrected chi connectivity index (χ2v) is 1.59. The smallest absolute Gasteiger partial charge is 0.475 e. The van der Waals surface area contributed by atoms with Gasteiger partial charge in [-0.2, -0.15) is 0 Å². The predicted molar refractivity (Wildman–Crippen MR) is 34.0 cm³/mol.